The monoisotopic (exact) mass is 328 g/mol. The van der Waals surface area contributed by atoms with Crippen LogP contribution in [-0.2, 0) is 9.59 Å². The zero-order chi connectivity index (χ0) is 17.2. The first kappa shape index (κ1) is 17.3. The summed E-state index contributed by atoms with van der Waals surface area (Å²) in [6, 6.07) is 6.05. The van der Waals surface area contributed by atoms with E-state index in [1.807, 2.05) is 26.0 Å². The van der Waals surface area contributed by atoms with Gasteiger partial charge in [0.15, 0.2) is 0 Å². The Morgan fingerprint density at radius 1 is 1.22 bits per heavy atom. The fraction of sp³-hybridized carbons (Fsp3) is 0.500. The van der Waals surface area contributed by atoms with E-state index in [2.05, 4.69) is 5.32 Å². The quantitative estimate of drug-likeness (QED) is 0.925. The van der Waals surface area contributed by atoms with Crippen molar-refractivity contribution in [3.8, 4) is 0 Å². The lowest BCUT2D eigenvalue weighted by atomic mass is 10.0. The number of halogens is 3. The summed E-state index contributed by atoms with van der Waals surface area (Å²) in [5, 5.41) is 2.59. The molecule has 0 aromatic heterocycles. The molecule has 1 saturated heterocycles. The van der Waals surface area contributed by atoms with Crippen LogP contribution in [0.2, 0.25) is 0 Å². The first-order valence-corrected chi connectivity index (χ1v) is 7.48. The van der Waals surface area contributed by atoms with Gasteiger partial charge in [-0.1, -0.05) is 26.0 Å². The molecule has 0 aliphatic carbocycles. The SMILES string of the molecule is CC(C)c1ccc(NC(=O)C2CCCN2C(=O)C(F)(F)F)cc1. The van der Waals surface area contributed by atoms with Gasteiger partial charge in [-0.25, -0.2) is 0 Å². The second-order valence-electron chi connectivity index (χ2n) is 5.92. The van der Waals surface area contributed by atoms with Gasteiger partial charge < -0.3 is 10.2 Å². The van der Waals surface area contributed by atoms with E-state index in [-0.39, 0.29) is 13.0 Å². The molecule has 1 aromatic rings. The molecule has 2 amide bonds. The fourth-order valence-electron chi connectivity index (χ4n) is 2.62. The first-order chi connectivity index (χ1) is 10.7. The first-order valence-electron chi connectivity index (χ1n) is 7.48. The molecular weight excluding hydrogens is 309 g/mol. The molecular formula is C16H19F3N2O2. The maximum absolute atomic E-state index is 12.6. The van der Waals surface area contributed by atoms with Crippen molar-refractivity contribution in [1.29, 1.82) is 0 Å². The Morgan fingerprint density at radius 2 is 1.83 bits per heavy atom. The van der Waals surface area contributed by atoms with Crippen LogP contribution in [-0.4, -0.2) is 35.5 Å². The minimum Gasteiger partial charge on any atom is -0.324 e. The number of nitrogens with zero attached hydrogens (tertiary/aromatic N) is 1. The normalized spacial score (nSPS) is 18.3. The van der Waals surface area contributed by atoms with Gasteiger partial charge in [-0.05, 0) is 36.5 Å². The number of benzene rings is 1. The molecule has 1 heterocycles. The number of likely N-dealkylation sites (tertiary alicyclic amines) is 1. The van der Waals surface area contributed by atoms with Crippen LogP contribution < -0.4 is 5.32 Å². The van der Waals surface area contributed by atoms with Crippen LogP contribution in [0.4, 0.5) is 18.9 Å². The summed E-state index contributed by atoms with van der Waals surface area (Å²) < 4.78 is 37.7. The van der Waals surface area contributed by atoms with E-state index in [1.54, 1.807) is 12.1 Å². The maximum Gasteiger partial charge on any atom is 0.471 e. The molecule has 7 heteroatoms. The van der Waals surface area contributed by atoms with Crippen molar-refractivity contribution in [2.45, 2.75) is 44.8 Å². The summed E-state index contributed by atoms with van der Waals surface area (Å²) in [7, 11) is 0. The van der Waals surface area contributed by atoms with Crippen molar-refractivity contribution in [2.24, 2.45) is 0 Å². The number of carbonyl (C=O) groups excluding carboxylic acids is 2. The van der Waals surface area contributed by atoms with Crippen LogP contribution in [0.5, 0.6) is 0 Å². The Morgan fingerprint density at radius 3 is 2.35 bits per heavy atom. The summed E-state index contributed by atoms with van der Waals surface area (Å²) in [5.41, 5.74) is 1.60. The van der Waals surface area contributed by atoms with Crippen molar-refractivity contribution in [2.75, 3.05) is 11.9 Å². The Bertz CT molecular complexity index is 582. The van der Waals surface area contributed by atoms with E-state index in [4.69, 9.17) is 0 Å². The molecule has 1 aliphatic heterocycles. The average molecular weight is 328 g/mol. The highest BCUT2D eigenvalue weighted by Gasteiger charge is 2.47. The number of hydrogen-bond donors (Lipinski definition) is 1. The van der Waals surface area contributed by atoms with E-state index in [0.29, 0.717) is 22.9 Å². The van der Waals surface area contributed by atoms with Crippen LogP contribution in [0.3, 0.4) is 0 Å². The van der Waals surface area contributed by atoms with Crippen molar-refractivity contribution in [3.05, 3.63) is 29.8 Å². The third-order valence-corrected chi connectivity index (χ3v) is 3.90. The number of anilines is 1. The predicted molar refractivity (Wildman–Crippen MR) is 80.0 cm³/mol. The Kier molecular flexibility index (Phi) is 4.97. The van der Waals surface area contributed by atoms with E-state index < -0.39 is 24.0 Å². The molecule has 2 rings (SSSR count). The van der Waals surface area contributed by atoms with Crippen LogP contribution in [0, 0.1) is 0 Å². The second kappa shape index (κ2) is 6.60. The van der Waals surface area contributed by atoms with Crippen molar-refractivity contribution in [3.63, 3.8) is 0 Å². The number of alkyl halides is 3. The summed E-state index contributed by atoms with van der Waals surface area (Å²) in [5.74, 6) is -2.20. The highest BCUT2D eigenvalue weighted by atomic mass is 19.4. The number of carbonyl (C=O) groups is 2. The van der Waals surface area contributed by atoms with Crippen LogP contribution >= 0.6 is 0 Å². The number of nitrogens with one attached hydrogen (secondary N) is 1. The fourth-order valence-corrected chi connectivity index (χ4v) is 2.62. The molecule has 1 N–H and O–H groups in total. The van der Waals surface area contributed by atoms with E-state index in [1.165, 1.54) is 0 Å². The summed E-state index contributed by atoms with van der Waals surface area (Å²) in [4.78, 5) is 24.2. The molecule has 1 aliphatic rings. The molecule has 126 valence electrons. The van der Waals surface area contributed by atoms with Gasteiger partial charge >= 0.3 is 12.1 Å². The summed E-state index contributed by atoms with van der Waals surface area (Å²) in [6.45, 7) is 4.02. The molecule has 4 nitrogen and oxygen atoms in total. The van der Waals surface area contributed by atoms with Gasteiger partial charge in [-0.3, -0.25) is 9.59 Å². The Labute approximate surface area is 132 Å². The smallest absolute Gasteiger partial charge is 0.324 e. The van der Waals surface area contributed by atoms with Crippen molar-refractivity contribution in [1.82, 2.24) is 4.90 Å². The minimum atomic E-state index is -4.96. The molecule has 1 unspecified atom stereocenters. The van der Waals surface area contributed by atoms with E-state index in [9.17, 15) is 22.8 Å². The highest BCUT2D eigenvalue weighted by Crippen LogP contribution is 2.26. The number of hydrogen-bond acceptors (Lipinski definition) is 2. The third kappa shape index (κ3) is 4.03. The molecule has 0 radical (unpaired) electrons. The molecule has 0 saturated carbocycles. The van der Waals surface area contributed by atoms with E-state index in [0.717, 1.165) is 5.56 Å². The number of rotatable bonds is 3. The average Bonchev–Trinajstić information content (AvgIpc) is 2.95. The van der Waals surface area contributed by atoms with Crippen LogP contribution in [0.25, 0.3) is 0 Å². The zero-order valence-corrected chi connectivity index (χ0v) is 13.0. The maximum atomic E-state index is 12.6. The predicted octanol–water partition coefficient (Wildman–Crippen LogP) is 3.30. The lowest BCUT2D eigenvalue weighted by molar-refractivity contribution is -0.186. The molecule has 1 atom stereocenters. The van der Waals surface area contributed by atoms with Gasteiger partial charge in [-0.2, -0.15) is 13.2 Å². The van der Waals surface area contributed by atoms with Crippen LogP contribution in [0.15, 0.2) is 24.3 Å². The Hall–Kier alpha value is -2.05. The van der Waals surface area contributed by atoms with Gasteiger partial charge in [-0.15, -0.1) is 0 Å². The van der Waals surface area contributed by atoms with E-state index >= 15 is 0 Å². The molecule has 0 spiro atoms. The van der Waals surface area contributed by atoms with Gasteiger partial charge in [0.2, 0.25) is 5.91 Å². The van der Waals surface area contributed by atoms with Gasteiger partial charge in [0, 0.05) is 12.2 Å². The topological polar surface area (TPSA) is 49.4 Å². The minimum absolute atomic E-state index is 0.0529. The zero-order valence-electron chi connectivity index (χ0n) is 13.0. The van der Waals surface area contributed by atoms with Crippen molar-refractivity contribution < 1.29 is 22.8 Å². The summed E-state index contributed by atoms with van der Waals surface area (Å²) >= 11 is 0. The van der Waals surface area contributed by atoms with Gasteiger partial charge in [0.25, 0.3) is 0 Å². The lowest BCUT2D eigenvalue weighted by Crippen LogP contribution is -2.48. The third-order valence-electron chi connectivity index (χ3n) is 3.90. The molecule has 0 bridgehead atoms. The highest BCUT2D eigenvalue weighted by molar-refractivity contribution is 5.98. The number of amides is 2. The Balaban J connectivity index is 2.06. The molecule has 23 heavy (non-hydrogen) atoms. The summed E-state index contributed by atoms with van der Waals surface area (Å²) in [6.07, 6.45) is -4.34. The van der Waals surface area contributed by atoms with Crippen molar-refractivity contribution >= 4 is 17.5 Å². The molecule has 1 aromatic carbocycles. The molecule has 1 fully saturated rings. The van der Waals surface area contributed by atoms with Crippen LogP contribution in [0.1, 0.15) is 38.2 Å². The van der Waals surface area contributed by atoms with Gasteiger partial charge in [0.1, 0.15) is 6.04 Å². The van der Waals surface area contributed by atoms with Gasteiger partial charge in [0.05, 0.1) is 0 Å². The standard InChI is InChI=1S/C16H19F3N2O2/c1-10(2)11-5-7-12(8-6-11)20-14(22)13-4-3-9-21(13)15(23)16(17,18)19/h5-8,10,13H,3-4,9H2,1-2H3,(H,20,22). The lowest BCUT2D eigenvalue weighted by Gasteiger charge is -2.24. The largest absolute Gasteiger partial charge is 0.471 e. The second-order valence-corrected chi connectivity index (χ2v) is 5.92.